The van der Waals surface area contributed by atoms with E-state index in [1.54, 1.807) is 17.3 Å². The number of fused-ring (bicyclic) bond motifs is 2. The number of anilines is 3. The number of nitrogens with zero attached hydrogens (tertiary/aromatic N) is 2. The monoisotopic (exact) mass is 429 g/mol. The molecule has 3 heterocycles. The summed E-state index contributed by atoms with van der Waals surface area (Å²) in [7, 11) is 0. The number of rotatable bonds is 4. The molecule has 2 aromatic heterocycles. The van der Waals surface area contributed by atoms with Crippen LogP contribution in [0.5, 0.6) is 0 Å². The molecular weight excluding hydrogens is 410 g/mol. The predicted molar refractivity (Wildman–Crippen MR) is 124 cm³/mol. The Labute approximate surface area is 182 Å². The summed E-state index contributed by atoms with van der Waals surface area (Å²) in [6, 6.07) is 18.6. The highest BCUT2D eigenvalue weighted by Gasteiger charge is 2.25. The maximum absolute atomic E-state index is 12.6. The van der Waals surface area contributed by atoms with Gasteiger partial charge in [-0.2, -0.15) is 0 Å². The number of carbonyl (C=O) groups is 2. The Balaban J connectivity index is 1.36. The number of benzene rings is 2. The second-order valence-electron chi connectivity index (χ2n) is 7.10. The van der Waals surface area contributed by atoms with Crippen molar-refractivity contribution in [2.45, 2.75) is 11.4 Å². The third-order valence-electron chi connectivity index (χ3n) is 5.04. The third kappa shape index (κ3) is 3.97. The van der Waals surface area contributed by atoms with Crippen molar-refractivity contribution in [2.75, 3.05) is 21.3 Å². The lowest BCUT2D eigenvalue weighted by Crippen LogP contribution is -2.35. The first-order chi connectivity index (χ1) is 15.2. The van der Waals surface area contributed by atoms with E-state index < -0.39 is 0 Å². The van der Waals surface area contributed by atoms with Crippen LogP contribution in [0.15, 0.2) is 78.0 Å². The highest BCUT2D eigenvalue weighted by molar-refractivity contribution is 8.00. The number of para-hydroxylation sites is 1. The fourth-order valence-corrected chi connectivity index (χ4v) is 4.48. The summed E-state index contributed by atoms with van der Waals surface area (Å²) < 4.78 is 0. The molecule has 154 valence electrons. The van der Waals surface area contributed by atoms with Gasteiger partial charge in [-0.3, -0.25) is 9.78 Å². The van der Waals surface area contributed by atoms with Crippen LogP contribution in [0.3, 0.4) is 0 Å². The minimum Gasteiger partial charge on any atom is -0.359 e. The molecule has 0 atom stereocenters. The fraction of sp³-hybridized carbons (Fsp3) is 0.0870. The van der Waals surface area contributed by atoms with E-state index in [4.69, 9.17) is 0 Å². The van der Waals surface area contributed by atoms with Crippen molar-refractivity contribution in [3.05, 3.63) is 78.8 Å². The molecule has 2 aromatic carbocycles. The van der Waals surface area contributed by atoms with Crippen LogP contribution in [-0.2, 0) is 11.3 Å². The zero-order valence-electron chi connectivity index (χ0n) is 16.5. The molecule has 1 aliphatic rings. The Hall–Kier alpha value is -3.78. The minimum atomic E-state index is -0.351. The van der Waals surface area contributed by atoms with E-state index in [0.29, 0.717) is 23.7 Å². The number of aromatic nitrogens is 2. The standard InChI is InChI=1S/C23H19N5O2S/c29-22-14-31-21-9-8-15(11-20(21)28(22)13-16-5-3-4-10-24-16)26-23(30)27-19-12-25-18-7-2-1-6-17(18)19/h1-12,25H,13-14H2,(H2,26,27,30). The molecular formula is C23H19N5O2S. The smallest absolute Gasteiger partial charge is 0.323 e. The van der Waals surface area contributed by atoms with Gasteiger partial charge in [-0.1, -0.05) is 24.3 Å². The predicted octanol–water partition coefficient (Wildman–Crippen LogP) is 4.85. The quantitative estimate of drug-likeness (QED) is 0.433. The Bertz CT molecular complexity index is 1270. The number of thioether (sulfide) groups is 1. The van der Waals surface area contributed by atoms with Gasteiger partial charge in [0.05, 0.1) is 29.4 Å². The van der Waals surface area contributed by atoms with E-state index in [1.165, 1.54) is 11.8 Å². The van der Waals surface area contributed by atoms with Crippen LogP contribution in [0.4, 0.5) is 21.9 Å². The van der Waals surface area contributed by atoms with Gasteiger partial charge < -0.3 is 20.5 Å². The molecule has 0 saturated heterocycles. The molecule has 3 amide bonds. The summed E-state index contributed by atoms with van der Waals surface area (Å²) in [5, 5.41) is 6.68. The molecule has 0 unspecified atom stereocenters. The maximum atomic E-state index is 12.6. The Morgan fingerprint density at radius 1 is 1.10 bits per heavy atom. The number of hydrogen-bond donors (Lipinski definition) is 3. The Morgan fingerprint density at radius 2 is 1.97 bits per heavy atom. The number of urea groups is 1. The van der Waals surface area contributed by atoms with Gasteiger partial charge in [0.25, 0.3) is 0 Å². The van der Waals surface area contributed by atoms with E-state index >= 15 is 0 Å². The summed E-state index contributed by atoms with van der Waals surface area (Å²) in [6.45, 7) is 0.387. The van der Waals surface area contributed by atoms with Gasteiger partial charge in [0.15, 0.2) is 0 Å². The van der Waals surface area contributed by atoms with Gasteiger partial charge in [-0.25, -0.2) is 4.79 Å². The fourth-order valence-electron chi connectivity index (χ4n) is 3.57. The molecule has 5 rings (SSSR count). The number of H-pyrrole nitrogens is 1. The number of carbonyl (C=O) groups excluding carboxylic acids is 2. The molecule has 0 spiro atoms. The topological polar surface area (TPSA) is 90.1 Å². The molecule has 0 saturated carbocycles. The molecule has 0 fully saturated rings. The molecule has 7 nitrogen and oxygen atoms in total. The van der Waals surface area contributed by atoms with Crippen LogP contribution in [0.2, 0.25) is 0 Å². The van der Waals surface area contributed by atoms with Crippen molar-refractivity contribution in [2.24, 2.45) is 0 Å². The Morgan fingerprint density at radius 3 is 2.84 bits per heavy atom. The summed E-state index contributed by atoms with van der Waals surface area (Å²) in [6.07, 6.45) is 3.48. The molecule has 0 aliphatic carbocycles. The highest BCUT2D eigenvalue weighted by Crippen LogP contribution is 2.38. The van der Waals surface area contributed by atoms with Crippen LogP contribution in [0, 0.1) is 0 Å². The summed E-state index contributed by atoms with van der Waals surface area (Å²) in [5.41, 5.74) is 3.85. The molecule has 1 aliphatic heterocycles. The minimum absolute atomic E-state index is 0.0172. The van der Waals surface area contributed by atoms with E-state index in [1.807, 2.05) is 60.7 Å². The van der Waals surface area contributed by atoms with Gasteiger partial charge in [0, 0.05) is 33.9 Å². The normalized spacial score (nSPS) is 13.2. The molecule has 3 N–H and O–H groups in total. The number of aromatic amines is 1. The summed E-state index contributed by atoms with van der Waals surface area (Å²) >= 11 is 1.50. The average molecular weight is 430 g/mol. The lowest BCUT2D eigenvalue weighted by Gasteiger charge is -2.29. The van der Waals surface area contributed by atoms with Gasteiger partial charge in [0.1, 0.15) is 0 Å². The third-order valence-corrected chi connectivity index (χ3v) is 6.09. The van der Waals surface area contributed by atoms with Gasteiger partial charge in [0.2, 0.25) is 5.91 Å². The molecule has 4 aromatic rings. The largest absolute Gasteiger partial charge is 0.359 e. The zero-order valence-corrected chi connectivity index (χ0v) is 17.3. The summed E-state index contributed by atoms with van der Waals surface area (Å²) in [5.74, 6) is 0.400. The first-order valence-electron chi connectivity index (χ1n) is 9.78. The number of amides is 3. The number of hydrogen-bond acceptors (Lipinski definition) is 4. The van der Waals surface area contributed by atoms with E-state index in [-0.39, 0.29) is 11.9 Å². The number of pyridine rings is 1. The maximum Gasteiger partial charge on any atom is 0.323 e. The van der Waals surface area contributed by atoms with E-state index in [9.17, 15) is 9.59 Å². The van der Waals surface area contributed by atoms with Gasteiger partial charge in [-0.05, 0) is 36.4 Å². The molecule has 0 radical (unpaired) electrons. The highest BCUT2D eigenvalue weighted by atomic mass is 32.2. The van der Waals surface area contributed by atoms with Crippen LogP contribution >= 0.6 is 11.8 Å². The van der Waals surface area contributed by atoms with Crippen molar-refractivity contribution in [3.63, 3.8) is 0 Å². The lowest BCUT2D eigenvalue weighted by molar-refractivity contribution is -0.116. The molecule has 8 heteroatoms. The second-order valence-corrected chi connectivity index (χ2v) is 8.12. The van der Waals surface area contributed by atoms with Crippen LogP contribution in [0.1, 0.15) is 5.69 Å². The molecule has 31 heavy (non-hydrogen) atoms. The average Bonchev–Trinajstić information content (AvgIpc) is 3.19. The van der Waals surface area contributed by atoms with E-state index in [0.717, 1.165) is 27.2 Å². The van der Waals surface area contributed by atoms with E-state index in [2.05, 4.69) is 20.6 Å². The first-order valence-corrected chi connectivity index (χ1v) is 10.8. The van der Waals surface area contributed by atoms with Gasteiger partial charge in [-0.15, -0.1) is 11.8 Å². The van der Waals surface area contributed by atoms with Crippen molar-refractivity contribution in [3.8, 4) is 0 Å². The van der Waals surface area contributed by atoms with Crippen molar-refractivity contribution >= 4 is 51.7 Å². The van der Waals surface area contributed by atoms with Crippen LogP contribution in [-0.4, -0.2) is 27.7 Å². The van der Waals surface area contributed by atoms with Gasteiger partial charge >= 0.3 is 6.03 Å². The second kappa shape index (κ2) is 8.16. The lowest BCUT2D eigenvalue weighted by atomic mass is 10.2. The van der Waals surface area contributed by atoms with Crippen molar-refractivity contribution in [1.29, 1.82) is 0 Å². The first kappa shape index (κ1) is 19.2. The van der Waals surface area contributed by atoms with Crippen LogP contribution < -0.4 is 15.5 Å². The zero-order chi connectivity index (χ0) is 21.2. The van der Waals surface area contributed by atoms with Crippen molar-refractivity contribution < 1.29 is 9.59 Å². The number of nitrogens with one attached hydrogen (secondary N) is 3. The SMILES string of the molecule is O=C(Nc1ccc2c(c1)N(Cc1ccccn1)C(=O)CS2)Nc1c[nH]c2ccccc12. The Kier molecular flexibility index (Phi) is 5.05. The van der Waals surface area contributed by atoms with Crippen molar-refractivity contribution in [1.82, 2.24) is 9.97 Å². The summed E-state index contributed by atoms with van der Waals surface area (Å²) in [4.78, 5) is 35.4. The molecule has 0 bridgehead atoms. The van der Waals surface area contributed by atoms with Crippen LogP contribution in [0.25, 0.3) is 10.9 Å².